The van der Waals surface area contributed by atoms with E-state index in [0.717, 1.165) is 56.0 Å². The van der Waals surface area contributed by atoms with Gasteiger partial charge >= 0.3 is 18.5 Å². The second-order valence-corrected chi connectivity index (χ2v) is 15.3. The molecule has 0 unspecified atom stereocenters. The summed E-state index contributed by atoms with van der Waals surface area (Å²) in [5, 5.41) is 6.03. The van der Waals surface area contributed by atoms with Crippen molar-refractivity contribution in [3.8, 4) is 11.5 Å². The third-order valence-corrected chi connectivity index (χ3v) is 10.5. The number of urea groups is 2. The Balaban J connectivity index is 0.000000214. The normalized spacial score (nSPS) is 15.3. The molecular weight excluding hydrogens is 915 g/mol. The highest BCUT2D eigenvalue weighted by molar-refractivity contribution is 6.31. The lowest BCUT2D eigenvalue weighted by molar-refractivity contribution is 0.0151. The summed E-state index contributed by atoms with van der Waals surface area (Å²) in [5.41, 5.74) is 5.52. The molecule has 0 atom stereocenters. The van der Waals surface area contributed by atoms with Gasteiger partial charge in [-0.1, -0.05) is 41.4 Å². The molecule has 0 bridgehead atoms. The number of hydrogen-bond acceptors (Lipinski definition) is 7. The van der Waals surface area contributed by atoms with Crippen LogP contribution in [-0.4, -0.2) is 82.4 Å². The van der Waals surface area contributed by atoms with Crippen molar-refractivity contribution in [2.75, 3.05) is 42.5 Å². The number of alkyl halides is 6. The maximum Gasteiger partial charge on any atom is 0.325 e. The number of benzene rings is 4. The fourth-order valence-corrected chi connectivity index (χ4v) is 6.89. The lowest BCUT2D eigenvalue weighted by Crippen LogP contribution is -2.43. The van der Waals surface area contributed by atoms with E-state index in [1.54, 1.807) is 0 Å². The quantitative estimate of drug-likeness (QED) is 0.109. The number of anilines is 2. The van der Waals surface area contributed by atoms with Crippen molar-refractivity contribution in [1.82, 2.24) is 20.0 Å². The minimum Gasteiger partial charge on any atom is -0.415 e. The Morgan fingerprint density at radius 2 is 1.17 bits per heavy atom. The van der Waals surface area contributed by atoms with Crippen molar-refractivity contribution in [3.63, 3.8) is 0 Å². The van der Waals surface area contributed by atoms with Gasteiger partial charge in [0.05, 0.1) is 42.8 Å². The second-order valence-electron chi connectivity index (χ2n) is 14.5. The Labute approximate surface area is 366 Å². The van der Waals surface area contributed by atoms with Crippen molar-refractivity contribution in [1.29, 1.82) is 0 Å². The van der Waals surface area contributed by atoms with Crippen LogP contribution in [0.4, 0.5) is 64.9 Å². The fraction of sp³-hybridized carbons (Fsp3) is 0.293. The fourth-order valence-electron chi connectivity index (χ4n) is 6.54. The highest BCUT2D eigenvalue weighted by Gasteiger charge is 2.43. The number of amides is 4. The third kappa shape index (κ3) is 11.2. The van der Waals surface area contributed by atoms with Gasteiger partial charge in [-0.2, -0.15) is 8.78 Å². The largest absolute Gasteiger partial charge is 0.415 e. The monoisotopic (exact) mass is 947 g/mol. The highest BCUT2D eigenvalue weighted by atomic mass is 35.5. The van der Waals surface area contributed by atoms with Crippen LogP contribution in [-0.2, 0) is 13.1 Å². The summed E-state index contributed by atoms with van der Waals surface area (Å²) in [6.07, 6.45) is -4.00. The van der Waals surface area contributed by atoms with E-state index in [0.29, 0.717) is 0 Å². The molecule has 5 aromatic rings. The Bertz CT molecular complexity index is 2550. The van der Waals surface area contributed by atoms with Crippen molar-refractivity contribution < 1.29 is 62.7 Å². The zero-order valence-electron chi connectivity index (χ0n) is 32.8. The summed E-state index contributed by atoms with van der Waals surface area (Å²) in [4.78, 5) is 41.5. The number of ketones is 1. The molecule has 2 aliphatic heterocycles. The highest BCUT2D eigenvalue weighted by Crippen LogP contribution is 2.34. The van der Waals surface area contributed by atoms with Crippen LogP contribution >= 0.6 is 23.2 Å². The number of halogens is 12. The zero-order chi connectivity index (χ0) is 46.7. The number of carbonyl (C=O) groups is 3. The molecule has 2 aliphatic rings. The van der Waals surface area contributed by atoms with Crippen molar-refractivity contribution >= 4 is 52.4 Å². The topological polar surface area (TPSA) is 129 Å². The maximum absolute atomic E-state index is 14.9. The predicted molar refractivity (Wildman–Crippen MR) is 213 cm³/mol. The Hall–Kier alpha value is -5.93. The van der Waals surface area contributed by atoms with E-state index >= 15 is 0 Å². The second kappa shape index (κ2) is 19.4. The number of aromatic nitrogens is 2. The van der Waals surface area contributed by atoms with Crippen LogP contribution in [0, 0.1) is 23.3 Å². The molecule has 1 aromatic heterocycles. The minimum absolute atomic E-state index is 0.0162. The molecule has 4 amide bonds. The molecule has 2 saturated heterocycles. The number of nitrogens with two attached hydrogens (primary N) is 1. The smallest absolute Gasteiger partial charge is 0.325 e. The first kappa shape index (κ1) is 47.5. The van der Waals surface area contributed by atoms with E-state index in [1.807, 2.05) is 0 Å². The number of hydrogen-bond donors (Lipinski definition) is 1. The molecule has 0 saturated carbocycles. The van der Waals surface area contributed by atoms with Gasteiger partial charge in [-0.3, -0.25) is 14.6 Å². The average Bonchev–Trinajstić information content (AvgIpc) is 3.99. The maximum atomic E-state index is 14.9. The number of likely N-dealkylation sites (tertiary alicyclic amines) is 2. The average molecular weight is 949 g/mol. The van der Waals surface area contributed by atoms with E-state index in [9.17, 15) is 58.3 Å². The molecule has 64 heavy (non-hydrogen) atoms. The van der Waals surface area contributed by atoms with Crippen LogP contribution in [0.15, 0.2) is 77.2 Å². The van der Waals surface area contributed by atoms with E-state index < -0.39 is 97.8 Å². The Kier molecular flexibility index (Phi) is 14.4. The van der Waals surface area contributed by atoms with Gasteiger partial charge in [-0.15, -0.1) is 10.2 Å². The summed E-state index contributed by atoms with van der Waals surface area (Å²) in [6, 6.07) is 12.3. The van der Waals surface area contributed by atoms with Gasteiger partial charge in [-0.05, 0) is 54.6 Å². The molecule has 4 aromatic carbocycles. The van der Waals surface area contributed by atoms with Crippen LogP contribution in [0.25, 0.3) is 11.5 Å². The van der Waals surface area contributed by atoms with Crippen LogP contribution < -0.4 is 15.5 Å². The third-order valence-electron chi connectivity index (χ3n) is 9.92. The van der Waals surface area contributed by atoms with Gasteiger partial charge in [0, 0.05) is 59.6 Å². The van der Waals surface area contributed by atoms with Gasteiger partial charge in [0.25, 0.3) is 17.7 Å². The standard InChI is InChI=1S/C21H15ClF6N4O2.C20H18ClF4N3O2/c22-14-8-13(3-4-15(14)23)32(20(33)31-6-5-21(27,28)10-31)9-12-2-1-11(7-16(12)24)18-29-30-19(34-18)17(25)26;21-15-8-14(3-4-16(15)22)28(19(30)27-6-5-20(24,25)11-27)10-13-2-1-12(7-17(13)23)18(29)9-26/h1-4,7-8,17H,5-6,9-10H2;1-4,7-8H,5-6,9-11,26H2. The first-order valence-corrected chi connectivity index (χ1v) is 19.6. The zero-order valence-corrected chi connectivity index (χ0v) is 34.3. The molecule has 0 spiro atoms. The molecule has 2 N–H and O–H groups in total. The molecule has 3 heterocycles. The Morgan fingerprint density at radius 1 is 0.688 bits per heavy atom. The summed E-state index contributed by atoms with van der Waals surface area (Å²) in [7, 11) is 0. The molecular formula is C41H33Cl2F10N7O4. The Morgan fingerprint density at radius 3 is 1.56 bits per heavy atom. The first-order valence-electron chi connectivity index (χ1n) is 18.9. The molecule has 0 radical (unpaired) electrons. The van der Waals surface area contributed by atoms with E-state index in [-0.39, 0.29) is 75.7 Å². The van der Waals surface area contributed by atoms with Gasteiger partial charge in [-0.25, -0.2) is 44.7 Å². The summed E-state index contributed by atoms with van der Waals surface area (Å²) in [6.45, 7) is -3.04. The number of rotatable bonds is 10. The van der Waals surface area contributed by atoms with Gasteiger partial charge in [0.15, 0.2) is 5.78 Å². The van der Waals surface area contributed by atoms with E-state index in [4.69, 9.17) is 33.4 Å². The summed E-state index contributed by atoms with van der Waals surface area (Å²) in [5.74, 6) is -10.9. The van der Waals surface area contributed by atoms with Gasteiger partial charge in [0.2, 0.25) is 5.89 Å². The van der Waals surface area contributed by atoms with Gasteiger partial charge < -0.3 is 20.0 Å². The lowest BCUT2D eigenvalue weighted by Gasteiger charge is -2.28. The minimum atomic E-state index is -3.06. The van der Waals surface area contributed by atoms with Crippen LogP contribution in [0.5, 0.6) is 0 Å². The predicted octanol–water partition coefficient (Wildman–Crippen LogP) is 10.3. The van der Waals surface area contributed by atoms with Gasteiger partial charge in [0.1, 0.15) is 23.3 Å². The number of nitrogens with zero attached hydrogens (tertiary/aromatic N) is 6. The summed E-state index contributed by atoms with van der Waals surface area (Å²) >= 11 is 11.6. The van der Waals surface area contributed by atoms with Crippen molar-refractivity contribution in [3.05, 3.63) is 129 Å². The van der Waals surface area contributed by atoms with Crippen molar-refractivity contribution in [2.24, 2.45) is 5.73 Å². The molecule has 23 heteroatoms. The SMILES string of the molecule is NCC(=O)c1ccc(CN(C(=O)N2CCC(F)(F)C2)c2ccc(F)c(Cl)c2)c(F)c1.O=C(N1CCC(F)(F)C1)N(Cc1ccc(-c2nnc(C(F)F)o2)cc1F)c1ccc(F)c(Cl)c1. The molecule has 340 valence electrons. The number of Topliss-reactive ketones (excluding diaryl/α,β-unsaturated/α-hetero) is 1. The van der Waals surface area contributed by atoms with Crippen LogP contribution in [0.3, 0.4) is 0 Å². The van der Waals surface area contributed by atoms with Crippen molar-refractivity contribution in [2.45, 2.75) is 44.2 Å². The first-order chi connectivity index (χ1) is 30.1. The summed E-state index contributed by atoms with van der Waals surface area (Å²) < 4.78 is 141. The molecule has 11 nitrogen and oxygen atoms in total. The van der Waals surface area contributed by atoms with Crippen LogP contribution in [0.1, 0.15) is 46.6 Å². The number of carbonyl (C=O) groups excluding carboxylic acids is 3. The van der Waals surface area contributed by atoms with Crippen LogP contribution in [0.2, 0.25) is 10.0 Å². The van der Waals surface area contributed by atoms with E-state index in [1.165, 1.54) is 36.4 Å². The molecule has 0 aliphatic carbocycles. The lowest BCUT2D eigenvalue weighted by atomic mass is 10.1. The molecule has 2 fully saturated rings. The van der Waals surface area contributed by atoms with E-state index in [2.05, 4.69) is 10.2 Å². The molecule has 7 rings (SSSR count).